The third-order valence-electron chi connectivity index (χ3n) is 2.44. The van der Waals surface area contributed by atoms with E-state index in [9.17, 15) is 4.79 Å². The van der Waals surface area contributed by atoms with Gasteiger partial charge >= 0.3 is 0 Å². The summed E-state index contributed by atoms with van der Waals surface area (Å²) in [5.74, 6) is 0.0726. The maximum Gasteiger partial charge on any atom is 0.225 e. The summed E-state index contributed by atoms with van der Waals surface area (Å²) in [6.45, 7) is 2.00. The number of carbonyl (C=O) groups is 1. The van der Waals surface area contributed by atoms with Gasteiger partial charge in [-0.3, -0.25) is 4.79 Å². The van der Waals surface area contributed by atoms with E-state index in [1.54, 1.807) is 23.9 Å². The molecule has 1 N–H and O–H groups in total. The molecule has 0 aliphatic carbocycles. The van der Waals surface area contributed by atoms with Gasteiger partial charge in [0.2, 0.25) is 5.91 Å². The van der Waals surface area contributed by atoms with Gasteiger partial charge in [-0.2, -0.15) is 0 Å². The maximum atomic E-state index is 11.7. The van der Waals surface area contributed by atoms with Crippen molar-refractivity contribution in [2.24, 2.45) is 0 Å². The van der Waals surface area contributed by atoms with Crippen molar-refractivity contribution in [1.29, 1.82) is 0 Å². The molecule has 2 heterocycles. The summed E-state index contributed by atoms with van der Waals surface area (Å²) in [6, 6.07) is 5.98. The maximum absolute atomic E-state index is 11.7. The van der Waals surface area contributed by atoms with Crippen molar-refractivity contribution >= 4 is 17.2 Å². The van der Waals surface area contributed by atoms with Crippen LogP contribution < -0.4 is 5.32 Å². The van der Waals surface area contributed by atoms with Gasteiger partial charge in [0, 0.05) is 10.9 Å². The van der Waals surface area contributed by atoms with Crippen LogP contribution in [0.4, 0.5) is 0 Å². The summed E-state index contributed by atoms with van der Waals surface area (Å²) in [4.78, 5) is 12.8. The number of amides is 1. The lowest BCUT2D eigenvalue weighted by Gasteiger charge is -2.12. The molecular weight excluding hydrogens is 234 g/mol. The topological polar surface area (TPSA) is 42.2 Å². The number of rotatable bonds is 5. The molecule has 0 spiro atoms. The fourth-order valence-corrected chi connectivity index (χ4v) is 2.41. The molecular formula is C13H15NO2S. The summed E-state index contributed by atoms with van der Waals surface area (Å²) in [5, 5.41) is 4.97. The molecule has 2 rings (SSSR count). The number of hydrogen-bond acceptors (Lipinski definition) is 3. The largest absolute Gasteiger partial charge is 0.472 e. The van der Waals surface area contributed by atoms with Crippen molar-refractivity contribution in [3.05, 3.63) is 46.5 Å². The Morgan fingerprint density at radius 1 is 1.53 bits per heavy atom. The number of furan rings is 1. The highest BCUT2D eigenvalue weighted by Gasteiger charge is 2.09. The molecule has 0 aromatic carbocycles. The Morgan fingerprint density at radius 3 is 3.06 bits per heavy atom. The van der Waals surface area contributed by atoms with Crippen molar-refractivity contribution in [2.75, 3.05) is 0 Å². The van der Waals surface area contributed by atoms with Gasteiger partial charge in [-0.15, -0.1) is 11.3 Å². The first-order valence-corrected chi connectivity index (χ1v) is 6.45. The lowest BCUT2D eigenvalue weighted by Crippen LogP contribution is -2.34. The van der Waals surface area contributed by atoms with Gasteiger partial charge < -0.3 is 9.73 Å². The van der Waals surface area contributed by atoms with E-state index in [-0.39, 0.29) is 11.9 Å². The van der Waals surface area contributed by atoms with Crippen LogP contribution in [0.25, 0.3) is 0 Å². The minimum Gasteiger partial charge on any atom is -0.472 e. The summed E-state index contributed by atoms with van der Waals surface area (Å²) >= 11 is 1.61. The zero-order valence-corrected chi connectivity index (χ0v) is 10.5. The zero-order chi connectivity index (χ0) is 12.1. The fourth-order valence-electron chi connectivity index (χ4n) is 1.71. The Hall–Kier alpha value is -1.55. The van der Waals surface area contributed by atoms with Gasteiger partial charge in [-0.25, -0.2) is 0 Å². The molecule has 1 amide bonds. The van der Waals surface area contributed by atoms with Crippen molar-refractivity contribution in [2.45, 2.75) is 25.8 Å². The molecule has 0 aliphatic rings. The Bertz CT molecular complexity index is 448. The highest BCUT2D eigenvalue weighted by atomic mass is 32.1. The first-order valence-electron chi connectivity index (χ1n) is 5.57. The van der Waals surface area contributed by atoms with E-state index >= 15 is 0 Å². The molecule has 2 aromatic rings. The van der Waals surface area contributed by atoms with Gasteiger partial charge in [0.05, 0.1) is 18.9 Å². The summed E-state index contributed by atoms with van der Waals surface area (Å²) in [5.41, 5.74) is 1.11. The van der Waals surface area contributed by atoms with Gasteiger partial charge in [0.25, 0.3) is 0 Å². The quantitative estimate of drug-likeness (QED) is 0.885. The molecule has 0 unspecified atom stereocenters. The first-order chi connectivity index (χ1) is 8.24. The molecule has 0 aliphatic heterocycles. The van der Waals surface area contributed by atoms with Crippen LogP contribution in [-0.4, -0.2) is 11.9 Å². The fraction of sp³-hybridized carbons (Fsp3) is 0.308. The molecule has 0 fully saturated rings. The highest BCUT2D eigenvalue weighted by molar-refractivity contribution is 7.10. The second-order valence-corrected chi connectivity index (χ2v) is 5.09. The van der Waals surface area contributed by atoms with Crippen molar-refractivity contribution < 1.29 is 9.21 Å². The van der Waals surface area contributed by atoms with Gasteiger partial charge in [0.15, 0.2) is 0 Å². The Morgan fingerprint density at radius 2 is 2.41 bits per heavy atom. The van der Waals surface area contributed by atoms with Crippen LogP contribution in [0.3, 0.4) is 0 Å². The molecule has 0 bridgehead atoms. The average molecular weight is 249 g/mol. The second kappa shape index (κ2) is 5.68. The Labute approximate surface area is 104 Å². The second-order valence-electron chi connectivity index (χ2n) is 4.06. The van der Waals surface area contributed by atoms with E-state index < -0.39 is 0 Å². The predicted octanol–water partition coefficient (Wildman–Crippen LogP) is 2.63. The normalized spacial score (nSPS) is 12.3. The molecule has 2 aromatic heterocycles. The summed E-state index contributed by atoms with van der Waals surface area (Å²) in [6.07, 6.45) is 4.62. The van der Waals surface area contributed by atoms with Crippen LogP contribution in [0.1, 0.15) is 17.4 Å². The Kier molecular flexibility index (Phi) is 3.98. The molecule has 90 valence electrons. The van der Waals surface area contributed by atoms with Gasteiger partial charge in [-0.05, 0) is 36.4 Å². The number of carbonyl (C=O) groups excluding carboxylic acids is 1. The van der Waals surface area contributed by atoms with E-state index in [4.69, 9.17) is 4.42 Å². The van der Waals surface area contributed by atoms with Crippen LogP contribution in [0.2, 0.25) is 0 Å². The lowest BCUT2D eigenvalue weighted by atomic mass is 10.1. The predicted molar refractivity (Wildman–Crippen MR) is 68.0 cm³/mol. The molecule has 3 nitrogen and oxygen atoms in total. The van der Waals surface area contributed by atoms with Crippen LogP contribution in [0.5, 0.6) is 0 Å². The van der Waals surface area contributed by atoms with Crippen molar-refractivity contribution in [3.8, 4) is 0 Å². The highest BCUT2D eigenvalue weighted by Crippen LogP contribution is 2.09. The Balaban J connectivity index is 1.78. The average Bonchev–Trinajstić information content (AvgIpc) is 2.90. The SMILES string of the molecule is C[C@H](Cc1ccoc1)NC(=O)Cc1cccs1. The standard InChI is InChI=1S/C13H15NO2S/c1-10(7-11-4-5-16-9-11)14-13(15)8-12-3-2-6-17-12/h2-6,9-10H,7-8H2,1H3,(H,14,15)/t10-/m1/s1. The van der Waals surface area contributed by atoms with E-state index in [1.165, 1.54) is 0 Å². The molecule has 0 radical (unpaired) electrons. The third-order valence-corrected chi connectivity index (χ3v) is 3.32. The number of thiophene rings is 1. The minimum atomic E-state index is 0.0726. The lowest BCUT2D eigenvalue weighted by molar-refractivity contribution is -0.120. The monoisotopic (exact) mass is 249 g/mol. The van der Waals surface area contributed by atoms with E-state index in [2.05, 4.69) is 5.32 Å². The molecule has 17 heavy (non-hydrogen) atoms. The zero-order valence-electron chi connectivity index (χ0n) is 9.68. The molecule has 0 saturated carbocycles. The van der Waals surface area contributed by atoms with Crippen molar-refractivity contribution in [1.82, 2.24) is 5.32 Å². The minimum absolute atomic E-state index is 0.0726. The van der Waals surface area contributed by atoms with Crippen LogP contribution in [0, 0.1) is 0 Å². The molecule has 0 saturated heterocycles. The number of hydrogen-bond donors (Lipinski definition) is 1. The third kappa shape index (κ3) is 3.75. The molecule has 4 heteroatoms. The number of nitrogens with one attached hydrogen (secondary N) is 1. The summed E-state index contributed by atoms with van der Waals surface area (Å²) < 4.78 is 4.99. The first kappa shape index (κ1) is 11.9. The van der Waals surface area contributed by atoms with E-state index in [0.29, 0.717) is 6.42 Å². The van der Waals surface area contributed by atoms with Crippen LogP contribution >= 0.6 is 11.3 Å². The smallest absolute Gasteiger partial charge is 0.225 e. The van der Waals surface area contributed by atoms with Crippen molar-refractivity contribution in [3.63, 3.8) is 0 Å². The molecule has 1 atom stereocenters. The van der Waals surface area contributed by atoms with E-state index in [0.717, 1.165) is 16.9 Å². The van der Waals surface area contributed by atoms with E-state index in [1.807, 2.05) is 30.5 Å². The van der Waals surface area contributed by atoms with Gasteiger partial charge in [0.1, 0.15) is 0 Å². The summed E-state index contributed by atoms with van der Waals surface area (Å²) in [7, 11) is 0. The van der Waals surface area contributed by atoms with Crippen LogP contribution in [-0.2, 0) is 17.6 Å². The van der Waals surface area contributed by atoms with Gasteiger partial charge in [-0.1, -0.05) is 6.07 Å². The van der Waals surface area contributed by atoms with Crippen LogP contribution in [0.15, 0.2) is 40.5 Å².